The third kappa shape index (κ3) is 11.4. The number of rotatable bonds is 12. The topological polar surface area (TPSA) is 75.1 Å². The van der Waals surface area contributed by atoms with E-state index in [1.165, 1.54) is 13.2 Å². The number of nitrogens with zero attached hydrogens (tertiary/aromatic N) is 1. The van der Waals surface area contributed by atoms with Crippen LogP contribution in [0.1, 0.15) is 39.2 Å². The van der Waals surface area contributed by atoms with Gasteiger partial charge in [-0.15, -0.1) is 24.0 Å². The SMILES string of the molecule is CCNC(=NCc1ccc(OC)cc1OC(F)F)NCC(CCO)CC(C)C.I. The molecular weight excluding hydrogens is 495 g/mol. The Morgan fingerprint density at radius 3 is 2.52 bits per heavy atom. The number of aliphatic hydroxyl groups excluding tert-OH is 1. The molecule has 168 valence electrons. The number of guanidine groups is 1. The first-order valence-corrected chi connectivity index (χ1v) is 9.64. The minimum Gasteiger partial charge on any atom is -0.497 e. The molecule has 29 heavy (non-hydrogen) atoms. The fourth-order valence-electron chi connectivity index (χ4n) is 2.90. The molecule has 1 rings (SSSR count). The highest BCUT2D eigenvalue weighted by atomic mass is 127. The van der Waals surface area contributed by atoms with Gasteiger partial charge in [0.2, 0.25) is 0 Å². The standard InChI is InChI=1S/C20H33F2N3O3.HI/c1-5-23-20(24-12-15(8-9-26)10-14(2)3)25-13-16-6-7-17(27-4)11-18(16)28-19(21)22;/h6-7,11,14-15,19,26H,5,8-10,12-13H2,1-4H3,(H2,23,24,25);1H. The molecule has 0 aromatic heterocycles. The molecule has 0 aliphatic rings. The smallest absolute Gasteiger partial charge is 0.387 e. The highest BCUT2D eigenvalue weighted by molar-refractivity contribution is 14.0. The summed E-state index contributed by atoms with van der Waals surface area (Å²) < 4.78 is 35.1. The second-order valence-corrected chi connectivity index (χ2v) is 6.94. The third-order valence-electron chi connectivity index (χ3n) is 4.14. The largest absolute Gasteiger partial charge is 0.497 e. The highest BCUT2D eigenvalue weighted by Gasteiger charge is 2.13. The molecule has 0 saturated carbocycles. The Labute approximate surface area is 189 Å². The van der Waals surface area contributed by atoms with Crippen LogP contribution in [-0.2, 0) is 6.54 Å². The van der Waals surface area contributed by atoms with Crippen molar-refractivity contribution in [1.82, 2.24) is 10.6 Å². The Bertz CT molecular complexity index is 604. The lowest BCUT2D eigenvalue weighted by molar-refractivity contribution is -0.0505. The monoisotopic (exact) mass is 529 g/mol. The van der Waals surface area contributed by atoms with Crippen molar-refractivity contribution >= 4 is 29.9 Å². The summed E-state index contributed by atoms with van der Waals surface area (Å²) in [6.45, 7) is 5.00. The summed E-state index contributed by atoms with van der Waals surface area (Å²) in [4.78, 5) is 4.48. The minimum atomic E-state index is -2.92. The maximum Gasteiger partial charge on any atom is 0.387 e. The van der Waals surface area contributed by atoms with Crippen molar-refractivity contribution < 1.29 is 23.4 Å². The molecule has 0 heterocycles. The molecule has 0 saturated heterocycles. The van der Waals surface area contributed by atoms with Gasteiger partial charge in [0.25, 0.3) is 0 Å². The van der Waals surface area contributed by atoms with Gasteiger partial charge in [0, 0.05) is 31.3 Å². The van der Waals surface area contributed by atoms with Gasteiger partial charge in [-0.2, -0.15) is 8.78 Å². The van der Waals surface area contributed by atoms with Gasteiger partial charge in [0.1, 0.15) is 11.5 Å². The first-order chi connectivity index (χ1) is 13.4. The molecule has 1 aromatic carbocycles. The molecule has 0 aliphatic heterocycles. The van der Waals surface area contributed by atoms with E-state index in [-0.39, 0.29) is 42.9 Å². The first-order valence-electron chi connectivity index (χ1n) is 9.64. The van der Waals surface area contributed by atoms with Crippen molar-refractivity contribution in [3.05, 3.63) is 23.8 Å². The van der Waals surface area contributed by atoms with Gasteiger partial charge in [-0.1, -0.05) is 13.8 Å². The van der Waals surface area contributed by atoms with Gasteiger partial charge in [-0.25, -0.2) is 4.99 Å². The van der Waals surface area contributed by atoms with Gasteiger partial charge in [0.15, 0.2) is 5.96 Å². The summed E-state index contributed by atoms with van der Waals surface area (Å²) in [6, 6.07) is 4.78. The fourth-order valence-corrected chi connectivity index (χ4v) is 2.90. The average molecular weight is 529 g/mol. The summed E-state index contributed by atoms with van der Waals surface area (Å²) in [5.74, 6) is 1.94. The fraction of sp³-hybridized carbons (Fsp3) is 0.650. The molecule has 1 aromatic rings. The molecule has 9 heteroatoms. The van der Waals surface area contributed by atoms with Crippen molar-refractivity contribution in [2.45, 2.75) is 46.8 Å². The minimum absolute atomic E-state index is 0. The number of nitrogens with one attached hydrogen (secondary N) is 2. The molecular formula is C20H34F2IN3O3. The van der Waals surface area contributed by atoms with Gasteiger partial charge < -0.3 is 25.2 Å². The zero-order chi connectivity index (χ0) is 20.9. The van der Waals surface area contributed by atoms with Crippen molar-refractivity contribution in [3.8, 4) is 11.5 Å². The van der Waals surface area contributed by atoms with Crippen LogP contribution in [0.3, 0.4) is 0 Å². The quantitative estimate of drug-likeness (QED) is 0.217. The Hall–Kier alpha value is -1.36. The van der Waals surface area contributed by atoms with Crippen LogP contribution in [0.2, 0.25) is 0 Å². The molecule has 0 aliphatic carbocycles. The van der Waals surface area contributed by atoms with Crippen LogP contribution in [0, 0.1) is 11.8 Å². The molecule has 3 N–H and O–H groups in total. The maximum atomic E-state index is 12.7. The number of halogens is 3. The molecule has 1 atom stereocenters. The normalized spacial score (nSPS) is 12.5. The summed E-state index contributed by atoms with van der Waals surface area (Å²) in [5.41, 5.74) is 0.535. The van der Waals surface area contributed by atoms with Gasteiger partial charge in [-0.3, -0.25) is 0 Å². The third-order valence-corrected chi connectivity index (χ3v) is 4.14. The van der Waals surface area contributed by atoms with E-state index < -0.39 is 6.61 Å². The van der Waals surface area contributed by atoms with E-state index in [1.54, 1.807) is 12.1 Å². The van der Waals surface area contributed by atoms with Gasteiger partial charge >= 0.3 is 6.61 Å². The van der Waals surface area contributed by atoms with E-state index in [0.29, 0.717) is 42.2 Å². The number of aliphatic imine (C=N–C) groups is 1. The van der Waals surface area contributed by atoms with E-state index in [9.17, 15) is 13.9 Å². The van der Waals surface area contributed by atoms with Crippen LogP contribution in [0.5, 0.6) is 11.5 Å². The predicted molar refractivity (Wildman–Crippen MR) is 123 cm³/mol. The summed E-state index contributed by atoms with van der Waals surface area (Å²) in [6.07, 6.45) is 1.72. The Kier molecular flexibility index (Phi) is 14.8. The average Bonchev–Trinajstić information content (AvgIpc) is 2.63. The molecule has 0 radical (unpaired) electrons. The highest BCUT2D eigenvalue weighted by Crippen LogP contribution is 2.27. The maximum absolute atomic E-state index is 12.7. The number of alkyl halides is 2. The molecule has 6 nitrogen and oxygen atoms in total. The first kappa shape index (κ1) is 27.6. The summed E-state index contributed by atoms with van der Waals surface area (Å²) in [5, 5.41) is 15.7. The van der Waals surface area contributed by atoms with Crippen LogP contribution >= 0.6 is 24.0 Å². The zero-order valence-corrected chi connectivity index (χ0v) is 19.9. The summed E-state index contributed by atoms with van der Waals surface area (Å²) >= 11 is 0. The van der Waals surface area contributed by atoms with E-state index in [4.69, 9.17) is 4.74 Å². The number of aliphatic hydroxyl groups is 1. The van der Waals surface area contributed by atoms with E-state index in [2.05, 4.69) is 34.2 Å². The van der Waals surface area contributed by atoms with Crippen molar-refractivity contribution in [1.29, 1.82) is 0 Å². The second kappa shape index (κ2) is 15.5. The number of hydrogen-bond donors (Lipinski definition) is 3. The number of ether oxygens (including phenoxy) is 2. The van der Waals surface area contributed by atoms with Crippen molar-refractivity contribution in [2.75, 3.05) is 26.8 Å². The van der Waals surface area contributed by atoms with E-state index >= 15 is 0 Å². The number of hydrogen-bond acceptors (Lipinski definition) is 4. The van der Waals surface area contributed by atoms with Crippen LogP contribution < -0.4 is 20.1 Å². The molecule has 1 unspecified atom stereocenters. The lowest BCUT2D eigenvalue weighted by Crippen LogP contribution is -2.40. The van der Waals surface area contributed by atoms with Crippen molar-refractivity contribution in [2.24, 2.45) is 16.8 Å². The van der Waals surface area contributed by atoms with Crippen LogP contribution in [0.15, 0.2) is 23.2 Å². The van der Waals surface area contributed by atoms with E-state index in [0.717, 1.165) is 12.8 Å². The number of benzene rings is 1. The zero-order valence-electron chi connectivity index (χ0n) is 17.6. The Balaban J connectivity index is 0.00000784. The molecule has 0 fully saturated rings. The second-order valence-electron chi connectivity index (χ2n) is 6.94. The lowest BCUT2D eigenvalue weighted by Gasteiger charge is -2.20. The van der Waals surface area contributed by atoms with Crippen LogP contribution in [0.25, 0.3) is 0 Å². The van der Waals surface area contributed by atoms with Gasteiger partial charge in [-0.05, 0) is 43.7 Å². The van der Waals surface area contributed by atoms with Crippen LogP contribution in [0.4, 0.5) is 8.78 Å². The molecule has 0 amide bonds. The van der Waals surface area contributed by atoms with Gasteiger partial charge in [0.05, 0.1) is 13.7 Å². The van der Waals surface area contributed by atoms with E-state index in [1.807, 2.05) is 6.92 Å². The Morgan fingerprint density at radius 2 is 1.97 bits per heavy atom. The van der Waals surface area contributed by atoms with Crippen molar-refractivity contribution in [3.63, 3.8) is 0 Å². The predicted octanol–water partition coefficient (Wildman–Crippen LogP) is 4.01. The van der Waals surface area contributed by atoms with Crippen LogP contribution in [-0.4, -0.2) is 44.5 Å². The Morgan fingerprint density at radius 1 is 1.24 bits per heavy atom. The summed E-state index contributed by atoms with van der Waals surface area (Å²) in [7, 11) is 1.46. The molecule has 0 bridgehead atoms. The number of methoxy groups -OCH3 is 1. The molecule has 0 spiro atoms. The lowest BCUT2D eigenvalue weighted by atomic mass is 9.94.